The molecule has 1 aliphatic heterocycles. The molecule has 1 heterocycles. The number of ether oxygens (including phenoxy) is 2. The van der Waals surface area contributed by atoms with Crippen LogP contribution in [0.3, 0.4) is 0 Å². The lowest BCUT2D eigenvalue weighted by Crippen LogP contribution is -2.34. The van der Waals surface area contributed by atoms with Crippen LogP contribution in [0.1, 0.15) is 32.1 Å². The van der Waals surface area contributed by atoms with Crippen LogP contribution in [0.5, 0.6) is 0 Å². The van der Waals surface area contributed by atoms with Crippen molar-refractivity contribution in [3.05, 3.63) is 0 Å². The van der Waals surface area contributed by atoms with Crippen molar-refractivity contribution in [2.75, 3.05) is 6.61 Å². The van der Waals surface area contributed by atoms with Crippen molar-refractivity contribution >= 4 is 0 Å². The van der Waals surface area contributed by atoms with Crippen molar-refractivity contribution in [3.63, 3.8) is 0 Å². The van der Waals surface area contributed by atoms with Gasteiger partial charge in [-0.05, 0) is 12.8 Å². The number of alkyl halides is 2. The second-order valence-electron chi connectivity index (χ2n) is 3.77. The molecule has 0 N–H and O–H groups in total. The molecule has 2 fully saturated rings. The Hall–Kier alpha value is -0.220. The minimum atomic E-state index is -2.42. The summed E-state index contributed by atoms with van der Waals surface area (Å²) in [6.45, 7) is 0.0532. The molecule has 0 aromatic rings. The van der Waals surface area contributed by atoms with E-state index in [0.29, 0.717) is 0 Å². The van der Waals surface area contributed by atoms with Gasteiger partial charge in [-0.2, -0.15) is 0 Å². The molecule has 2 aliphatic rings. The number of rotatable bonds is 1. The second-order valence-corrected chi connectivity index (χ2v) is 3.77. The molecule has 4 heteroatoms. The average molecular weight is 192 g/mol. The Kier molecular flexibility index (Phi) is 2.51. The van der Waals surface area contributed by atoms with E-state index < -0.39 is 18.3 Å². The Labute approximate surface area is 76.2 Å². The van der Waals surface area contributed by atoms with Gasteiger partial charge in [0.25, 0.3) is 6.43 Å². The first-order valence-corrected chi connectivity index (χ1v) is 4.82. The summed E-state index contributed by atoms with van der Waals surface area (Å²) in [6.07, 6.45) is 1.34. The summed E-state index contributed by atoms with van der Waals surface area (Å²) in [5, 5.41) is 0. The van der Waals surface area contributed by atoms with Crippen molar-refractivity contribution in [3.8, 4) is 0 Å². The molecule has 2 rings (SSSR count). The summed E-state index contributed by atoms with van der Waals surface area (Å²) in [5.41, 5.74) is 0. The van der Waals surface area contributed by atoms with Crippen LogP contribution in [-0.2, 0) is 9.47 Å². The van der Waals surface area contributed by atoms with Crippen LogP contribution >= 0.6 is 0 Å². The molecule has 0 aromatic heterocycles. The number of hydrogen-bond acceptors (Lipinski definition) is 2. The Morgan fingerprint density at radius 3 is 2.38 bits per heavy atom. The maximum atomic E-state index is 12.3. The summed E-state index contributed by atoms with van der Waals surface area (Å²) in [7, 11) is 0. The topological polar surface area (TPSA) is 18.5 Å². The smallest absolute Gasteiger partial charge is 0.266 e. The van der Waals surface area contributed by atoms with Gasteiger partial charge in [0.05, 0.1) is 6.61 Å². The molecule has 1 saturated heterocycles. The van der Waals surface area contributed by atoms with Crippen LogP contribution in [0.15, 0.2) is 0 Å². The van der Waals surface area contributed by atoms with Gasteiger partial charge in [-0.3, -0.25) is 0 Å². The summed E-state index contributed by atoms with van der Waals surface area (Å²) in [6, 6.07) is 0. The summed E-state index contributed by atoms with van der Waals surface area (Å²) < 4.78 is 35.2. The van der Waals surface area contributed by atoms with Gasteiger partial charge in [0.15, 0.2) is 5.79 Å². The lowest BCUT2D eigenvalue weighted by atomic mass is 9.94. The highest BCUT2D eigenvalue weighted by molar-refractivity contribution is 4.83. The summed E-state index contributed by atoms with van der Waals surface area (Å²) in [5.74, 6) is -0.653. The minimum Gasteiger partial charge on any atom is -0.347 e. The third-order valence-corrected chi connectivity index (χ3v) is 2.77. The van der Waals surface area contributed by atoms with E-state index in [2.05, 4.69) is 0 Å². The monoisotopic (exact) mass is 192 g/mol. The maximum absolute atomic E-state index is 12.3. The second kappa shape index (κ2) is 3.50. The third-order valence-electron chi connectivity index (χ3n) is 2.77. The highest BCUT2D eigenvalue weighted by Gasteiger charge is 2.45. The van der Waals surface area contributed by atoms with E-state index in [-0.39, 0.29) is 6.61 Å². The molecule has 1 atom stereocenters. The Balaban J connectivity index is 1.94. The fourth-order valence-corrected chi connectivity index (χ4v) is 2.05. The fraction of sp³-hybridized carbons (Fsp3) is 1.00. The molecule has 0 radical (unpaired) electrons. The normalized spacial score (nSPS) is 33.0. The Bertz CT molecular complexity index is 178. The van der Waals surface area contributed by atoms with Crippen molar-refractivity contribution in [1.82, 2.24) is 0 Å². The molecule has 2 nitrogen and oxygen atoms in total. The molecular formula is C9H14F2O2. The minimum absolute atomic E-state index is 0.0532. The van der Waals surface area contributed by atoms with Crippen LogP contribution in [0.25, 0.3) is 0 Å². The van der Waals surface area contributed by atoms with Crippen LogP contribution in [-0.4, -0.2) is 24.9 Å². The molecule has 0 unspecified atom stereocenters. The van der Waals surface area contributed by atoms with E-state index in [1.165, 1.54) is 0 Å². The zero-order chi connectivity index (χ0) is 9.31. The van der Waals surface area contributed by atoms with Gasteiger partial charge in [0.1, 0.15) is 6.10 Å². The Morgan fingerprint density at radius 1 is 1.15 bits per heavy atom. The standard InChI is InChI=1S/C9H14F2O2/c10-8(11)7-6-12-9(13-7)4-2-1-3-5-9/h7-8H,1-6H2/t7-/m1/s1. The van der Waals surface area contributed by atoms with E-state index in [1.54, 1.807) is 0 Å². The molecule has 0 amide bonds. The van der Waals surface area contributed by atoms with Crippen molar-refractivity contribution < 1.29 is 18.3 Å². The highest BCUT2D eigenvalue weighted by Crippen LogP contribution is 2.38. The van der Waals surface area contributed by atoms with Crippen LogP contribution < -0.4 is 0 Å². The van der Waals surface area contributed by atoms with Gasteiger partial charge in [0.2, 0.25) is 0 Å². The van der Waals surface area contributed by atoms with Gasteiger partial charge in [0, 0.05) is 12.8 Å². The van der Waals surface area contributed by atoms with Crippen LogP contribution in [0.2, 0.25) is 0 Å². The molecule has 1 aliphatic carbocycles. The largest absolute Gasteiger partial charge is 0.347 e. The number of halogens is 2. The van der Waals surface area contributed by atoms with Crippen molar-refractivity contribution in [2.45, 2.75) is 50.4 Å². The predicted octanol–water partition coefficient (Wildman–Crippen LogP) is 2.33. The van der Waals surface area contributed by atoms with E-state index in [1.807, 2.05) is 0 Å². The molecule has 76 valence electrons. The van der Waals surface area contributed by atoms with Gasteiger partial charge >= 0.3 is 0 Å². The quantitative estimate of drug-likeness (QED) is 0.634. The van der Waals surface area contributed by atoms with Gasteiger partial charge in [-0.1, -0.05) is 6.42 Å². The van der Waals surface area contributed by atoms with Gasteiger partial charge in [-0.15, -0.1) is 0 Å². The highest BCUT2D eigenvalue weighted by atomic mass is 19.3. The zero-order valence-electron chi connectivity index (χ0n) is 7.47. The van der Waals surface area contributed by atoms with Gasteiger partial charge < -0.3 is 9.47 Å². The van der Waals surface area contributed by atoms with E-state index >= 15 is 0 Å². The summed E-state index contributed by atoms with van der Waals surface area (Å²) in [4.78, 5) is 0. The van der Waals surface area contributed by atoms with Gasteiger partial charge in [-0.25, -0.2) is 8.78 Å². The number of hydrogen-bond donors (Lipinski definition) is 0. The molecule has 0 aromatic carbocycles. The van der Waals surface area contributed by atoms with Crippen LogP contribution in [0.4, 0.5) is 8.78 Å². The molecule has 0 bridgehead atoms. The van der Waals surface area contributed by atoms with E-state index in [9.17, 15) is 8.78 Å². The molecule has 13 heavy (non-hydrogen) atoms. The van der Waals surface area contributed by atoms with Crippen LogP contribution in [0, 0.1) is 0 Å². The first-order chi connectivity index (χ1) is 6.22. The first kappa shape index (κ1) is 9.34. The van der Waals surface area contributed by atoms with Crippen molar-refractivity contribution in [2.24, 2.45) is 0 Å². The lowest BCUT2D eigenvalue weighted by molar-refractivity contribution is -0.198. The molecule has 1 spiro atoms. The van der Waals surface area contributed by atoms with E-state index in [0.717, 1.165) is 32.1 Å². The SMILES string of the molecule is FC(F)[C@H]1COC2(CCCCC2)O1. The molecular weight excluding hydrogens is 178 g/mol. The van der Waals surface area contributed by atoms with E-state index in [4.69, 9.17) is 9.47 Å². The molecule has 1 saturated carbocycles. The first-order valence-electron chi connectivity index (χ1n) is 4.82. The fourth-order valence-electron chi connectivity index (χ4n) is 2.05. The predicted molar refractivity (Wildman–Crippen MR) is 42.6 cm³/mol. The zero-order valence-corrected chi connectivity index (χ0v) is 7.47. The summed E-state index contributed by atoms with van der Waals surface area (Å²) >= 11 is 0. The van der Waals surface area contributed by atoms with Crippen molar-refractivity contribution in [1.29, 1.82) is 0 Å². The third kappa shape index (κ3) is 1.83. The lowest BCUT2D eigenvalue weighted by Gasteiger charge is -2.31. The average Bonchev–Trinajstić information content (AvgIpc) is 2.51. The maximum Gasteiger partial charge on any atom is 0.266 e. The Morgan fingerprint density at radius 2 is 1.85 bits per heavy atom.